The van der Waals surface area contributed by atoms with E-state index >= 15 is 0 Å². The SMILES string of the molecule is CC1CCC(NCCSc2ncnn2C)CC1. The Hall–Kier alpha value is -0.550. The number of rotatable bonds is 5. The highest BCUT2D eigenvalue weighted by atomic mass is 32.2. The average Bonchev–Trinajstić information content (AvgIpc) is 2.73. The lowest BCUT2D eigenvalue weighted by atomic mass is 9.87. The van der Waals surface area contributed by atoms with Gasteiger partial charge >= 0.3 is 0 Å². The molecular weight excluding hydrogens is 232 g/mol. The minimum absolute atomic E-state index is 0.742. The number of hydrogen-bond donors (Lipinski definition) is 1. The maximum Gasteiger partial charge on any atom is 0.185 e. The minimum atomic E-state index is 0.742. The van der Waals surface area contributed by atoms with Crippen LogP contribution in [0.5, 0.6) is 0 Å². The van der Waals surface area contributed by atoms with Crippen LogP contribution in [0.3, 0.4) is 0 Å². The van der Waals surface area contributed by atoms with E-state index in [4.69, 9.17) is 0 Å². The van der Waals surface area contributed by atoms with E-state index in [0.29, 0.717) is 0 Å². The first-order valence-corrected chi connectivity index (χ1v) is 7.44. The zero-order chi connectivity index (χ0) is 12.1. The molecule has 96 valence electrons. The molecule has 0 spiro atoms. The summed E-state index contributed by atoms with van der Waals surface area (Å²) in [4.78, 5) is 4.20. The second-order valence-corrected chi connectivity index (χ2v) is 5.99. The van der Waals surface area contributed by atoms with Crippen LogP contribution in [0.1, 0.15) is 32.6 Å². The molecule has 0 unspecified atom stereocenters. The van der Waals surface area contributed by atoms with Crippen molar-refractivity contribution in [3.63, 3.8) is 0 Å². The van der Waals surface area contributed by atoms with Crippen molar-refractivity contribution in [2.24, 2.45) is 13.0 Å². The Morgan fingerprint density at radius 1 is 1.41 bits per heavy atom. The Balaban J connectivity index is 1.59. The highest BCUT2D eigenvalue weighted by Gasteiger charge is 2.17. The van der Waals surface area contributed by atoms with Gasteiger partial charge in [-0.3, -0.25) is 0 Å². The second kappa shape index (κ2) is 6.40. The molecule has 0 radical (unpaired) electrons. The van der Waals surface area contributed by atoms with E-state index in [1.165, 1.54) is 25.7 Å². The lowest BCUT2D eigenvalue weighted by Crippen LogP contribution is -2.34. The summed E-state index contributed by atoms with van der Waals surface area (Å²) in [5.41, 5.74) is 0. The van der Waals surface area contributed by atoms with E-state index in [-0.39, 0.29) is 0 Å². The van der Waals surface area contributed by atoms with Crippen molar-refractivity contribution in [1.82, 2.24) is 20.1 Å². The Morgan fingerprint density at radius 2 is 2.18 bits per heavy atom. The van der Waals surface area contributed by atoms with Crippen molar-refractivity contribution in [3.05, 3.63) is 6.33 Å². The quantitative estimate of drug-likeness (QED) is 0.645. The van der Waals surface area contributed by atoms with Gasteiger partial charge in [0.05, 0.1) is 0 Å². The van der Waals surface area contributed by atoms with Gasteiger partial charge in [-0.2, -0.15) is 5.10 Å². The number of hydrogen-bond acceptors (Lipinski definition) is 4. The third-order valence-corrected chi connectivity index (χ3v) is 4.49. The summed E-state index contributed by atoms with van der Waals surface area (Å²) in [7, 11) is 1.94. The topological polar surface area (TPSA) is 42.7 Å². The predicted octanol–water partition coefficient (Wildman–Crippen LogP) is 2.08. The van der Waals surface area contributed by atoms with E-state index in [1.807, 2.05) is 11.7 Å². The Kier molecular flexibility index (Phi) is 4.86. The average molecular weight is 254 g/mol. The van der Waals surface area contributed by atoms with Gasteiger partial charge in [-0.25, -0.2) is 9.67 Å². The number of nitrogens with one attached hydrogen (secondary N) is 1. The van der Waals surface area contributed by atoms with Crippen molar-refractivity contribution in [1.29, 1.82) is 0 Å². The Bertz CT molecular complexity index is 331. The van der Waals surface area contributed by atoms with Crippen LogP contribution in [-0.4, -0.2) is 33.1 Å². The Labute approximate surface area is 108 Å². The minimum Gasteiger partial charge on any atom is -0.313 e. The molecule has 1 aromatic rings. The van der Waals surface area contributed by atoms with Gasteiger partial charge in [0.2, 0.25) is 0 Å². The Morgan fingerprint density at radius 3 is 2.82 bits per heavy atom. The van der Waals surface area contributed by atoms with Gasteiger partial charge in [0.25, 0.3) is 0 Å². The number of nitrogens with zero attached hydrogens (tertiary/aromatic N) is 3. The second-order valence-electron chi connectivity index (χ2n) is 4.93. The van der Waals surface area contributed by atoms with Crippen LogP contribution in [0, 0.1) is 5.92 Å². The molecule has 1 N–H and O–H groups in total. The van der Waals surface area contributed by atoms with E-state index in [9.17, 15) is 0 Å². The molecule has 4 nitrogen and oxygen atoms in total. The fourth-order valence-corrected chi connectivity index (χ4v) is 3.04. The van der Waals surface area contributed by atoms with Gasteiger partial charge in [-0.15, -0.1) is 0 Å². The molecule has 1 saturated carbocycles. The van der Waals surface area contributed by atoms with E-state index in [2.05, 4.69) is 22.3 Å². The largest absolute Gasteiger partial charge is 0.313 e. The third-order valence-electron chi connectivity index (χ3n) is 3.45. The van der Waals surface area contributed by atoms with Crippen molar-refractivity contribution >= 4 is 11.8 Å². The van der Waals surface area contributed by atoms with E-state index in [1.54, 1.807) is 18.1 Å². The van der Waals surface area contributed by atoms with Crippen LogP contribution < -0.4 is 5.32 Å². The molecule has 2 rings (SSSR count). The van der Waals surface area contributed by atoms with Crippen LogP contribution in [0.4, 0.5) is 0 Å². The molecule has 1 fully saturated rings. The molecule has 1 aliphatic carbocycles. The van der Waals surface area contributed by atoms with Crippen LogP contribution in [0.25, 0.3) is 0 Å². The van der Waals surface area contributed by atoms with Crippen molar-refractivity contribution in [3.8, 4) is 0 Å². The summed E-state index contributed by atoms with van der Waals surface area (Å²) in [6.45, 7) is 3.43. The summed E-state index contributed by atoms with van der Waals surface area (Å²) < 4.78 is 1.83. The standard InChI is InChI=1S/C12H22N4S/c1-10-3-5-11(6-4-10)13-7-8-17-12-14-9-15-16(12)2/h9-11,13H,3-8H2,1-2H3. The third kappa shape index (κ3) is 4.00. The molecule has 0 aromatic carbocycles. The number of aryl methyl sites for hydroxylation is 1. The summed E-state index contributed by atoms with van der Waals surface area (Å²) in [6.07, 6.45) is 7.06. The van der Waals surface area contributed by atoms with Crippen molar-refractivity contribution in [2.75, 3.05) is 12.3 Å². The van der Waals surface area contributed by atoms with Crippen LogP contribution in [0.2, 0.25) is 0 Å². The van der Waals surface area contributed by atoms with Crippen molar-refractivity contribution in [2.45, 2.75) is 43.8 Å². The molecule has 0 atom stereocenters. The molecule has 5 heteroatoms. The summed E-state index contributed by atoms with van der Waals surface area (Å²) in [5, 5.41) is 8.71. The zero-order valence-corrected chi connectivity index (χ0v) is 11.5. The van der Waals surface area contributed by atoms with E-state index in [0.717, 1.165) is 29.4 Å². The number of thioether (sulfide) groups is 1. The fourth-order valence-electron chi connectivity index (χ4n) is 2.29. The van der Waals surface area contributed by atoms with Gasteiger partial charge in [-0.05, 0) is 31.6 Å². The van der Waals surface area contributed by atoms with Gasteiger partial charge in [0, 0.05) is 25.4 Å². The molecule has 1 heterocycles. The smallest absolute Gasteiger partial charge is 0.185 e. The molecule has 0 aliphatic heterocycles. The monoisotopic (exact) mass is 254 g/mol. The summed E-state index contributed by atoms with van der Waals surface area (Å²) >= 11 is 1.77. The van der Waals surface area contributed by atoms with Crippen LogP contribution in [0.15, 0.2) is 11.5 Å². The molecule has 0 bridgehead atoms. The number of aromatic nitrogens is 3. The maximum atomic E-state index is 4.20. The summed E-state index contributed by atoms with van der Waals surface area (Å²) in [5.74, 6) is 2.00. The fraction of sp³-hybridized carbons (Fsp3) is 0.833. The molecule has 0 amide bonds. The van der Waals surface area contributed by atoms with Gasteiger partial charge in [0.15, 0.2) is 5.16 Å². The zero-order valence-electron chi connectivity index (χ0n) is 10.7. The lowest BCUT2D eigenvalue weighted by Gasteiger charge is -2.26. The van der Waals surface area contributed by atoms with Gasteiger partial charge < -0.3 is 5.32 Å². The van der Waals surface area contributed by atoms with Gasteiger partial charge in [0.1, 0.15) is 6.33 Å². The van der Waals surface area contributed by atoms with Crippen LogP contribution in [-0.2, 0) is 7.05 Å². The van der Waals surface area contributed by atoms with E-state index < -0.39 is 0 Å². The normalized spacial score (nSPS) is 25.1. The van der Waals surface area contributed by atoms with Crippen molar-refractivity contribution < 1.29 is 0 Å². The van der Waals surface area contributed by atoms with Crippen LogP contribution >= 0.6 is 11.8 Å². The molecule has 0 saturated heterocycles. The first-order chi connectivity index (χ1) is 8.25. The molecular formula is C12H22N4S. The molecule has 1 aromatic heterocycles. The first kappa shape index (κ1) is 12.9. The first-order valence-electron chi connectivity index (χ1n) is 6.46. The highest BCUT2D eigenvalue weighted by Crippen LogP contribution is 2.23. The summed E-state index contributed by atoms with van der Waals surface area (Å²) in [6, 6.07) is 0.742. The highest BCUT2D eigenvalue weighted by molar-refractivity contribution is 7.99. The molecule has 17 heavy (non-hydrogen) atoms. The van der Waals surface area contributed by atoms with Gasteiger partial charge in [-0.1, -0.05) is 18.7 Å². The maximum absolute atomic E-state index is 4.20. The predicted molar refractivity (Wildman–Crippen MR) is 71.1 cm³/mol. The lowest BCUT2D eigenvalue weighted by molar-refractivity contribution is 0.312. The molecule has 1 aliphatic rings.